The lowest BCUT2D eigenvalue weighted by Crippen LogP contribution is -2.19. The summed E-state index contributed by atoms with van der Waals surface area (Å²) in [6.07, 6.45) is 1.46. The molecule has 6 nitrogen and oxygen atoms in total. The molecule has 0 bridgehead atoms. The Bertz CT molecular complexity index is 855. The van der Waals surface area contributed by atoms with Crippen LogP contribution in [-0.4, -0.2) is 18.4 Å². The summed E-state index contributed by atoms with van der Waals surface area (Å²) in [6, 6.07) is 15.6. The van der Waals surface area contributed by atoms with Gasteiger partial charge in [0.25, 0.3) is 11.8 Å². The number of rotatable bonds is 6. The van der Waals surface area contributed by atoms with Crippen molar-refractivity contribution >= 4 is 39.5 Å². The average Bonchev–Trinajstić information content (AvgIpc) is 2.60. The van der Waals surface area contributed by atoms with Crippen LogP contribution in [0.3, 0.4) is 0 Å². The Kier molecular flexibility index (Phi) is 6.32. The van der Waals surface area contributed by atoms with Crippen LogP contribution >= 0.6 is 15.9 Å². The van der Waals surface area contributed by atoms with Crippen molar-refractivity contribution in [2.45, 2.75) is 0 Å². The molecule has 0 fully saturated rings. The topological polar surface area (TPSA) is 105 Å². The van der Waals surface area contributed by atoms with E-state index in [1.54, 1.807) is 42.5 Å². The number of hydrogen-bond acceptors (Lipinski definition) is 4. The van der Waals surface area contributed by atoms with Gasteiger partial charge in [0.2, 0.25) is 0 Å². The van der Waals surface area contributed by atoms with Gasteiger partial charge in [0.15, 0.2) is 6.61 Å². The molecule has 0 saturated heterocycles. The summed E-state index contributed by atoms with van der Waals surface area (Å²) in [6.45, 7) is -0.215. The zero-order chi connectivity index (χ0) is 18.2. The maximum atomic E-state index is 12.2. The van der Waals surface area contributed by atoms with Gasteiger partial charge in [0, 0.05) is 4.47 Å². The van der Waals surface area contributed by atoms with Crippen LogP contribution in [0.2, 0.25) is 0 Å². The maximum absolute atomic E-state index is 12.2. The van der Waals surface area contributed by atoms with Crippen LogP contribution in [0.5, 0.6) is 5.75 Å². The third kappa shape index (κ3) is 5.48. The molecule has 0 spiro atoms. The van der Waals surface area contributed by atoms with Gasteiger partial charge >= 0.3 is 0 Å². The maximum Gasteiger partial charge on any atom is 0.266 e. The summed E-state index contributed by atoms with van der Waals surface area (Å²) in [5, 5.41) is 11.9. The second-order valence-electron chi connectivity index (χ2n) is 4.93. The second-order valence-corrected chi connectivity index (χ2v) is 5.78. The first kappa shape index (κ1) is 18.2. The molecule has 2 rings (SSSR count). The van der Waals surface area contributed by atoms with Crippen molar-refractivity contribution in [3.63, 3.8) is 0 Å². The van der Waals surface area contributed by atoms with Crippen LogP contribution in [0.1, 0.15) is 5.56 Å². The fourth-order valence-electron chi connectivity index (χ4n) is 1.88. The Morgan fingerprint density at radius 2 is 1.88 bits per heavy atom. The average molecular weight is 400 g/mol. The van der Waals surface area contributed by atoms with E-state index < -0.39 is 11.8 Å². The van der Waals surface area contributed by atoms with E-state index in [0.717, 1.165) is 4.47 Å². The normalized spacial score (nSPS) is 10.6. The number of carbonyl (C=O) groups is 2. The minimum absolute atomic E-state index is 0.0402. The summed E-state index contributed by atoms with van der Waals surface area (Å²) in [7, 11) is 0. The third-order valence-corrected chi connectivity index (χ3v) is 3.75. The van der Waals surface area contributed by atoms with Crippen molar-refractivity contribution in [1.82, 2.24) is 0 Å². The molecular weight excluding hydrogens is 386 g/mol. The van der Waals surface area contributed by atoms with Crippen LogP contribution in [0.15, 0.2) is 58.6 Å². The van der Waals surface area contributed by atoms with Gasteiger partial charge in [-0.3, -0.25) is 9.59 Å². The number of anilines is 1. The van der Waals surface area contributed by atoms with E-state index in [2.05, 4.69) is 21.2 Å². The Morgan fingerprint density at radius 1 is 1.20 bits per heavy atom. The first-order valence-electron chi connectivity index (χ1n) is 7.18. The quantitative estimate of drug-likeness (QED) is 0.575. The van der Waals surface area contributed by atoms with Gasteiger partial charge in [-0.05, 0) is 51.8 Å². The zero-order valence-corrected chi connectivity index (χ0v) is 14.6. The molecule has 0 saturated carbocycles. The third-order valence-electron chi connectivity index (χ3n) is 3.06. The minimum atomic E-state index is -0.570. The summed E-state index contributed by atoms with van der Waals surface area (Å²) in [5.74, 6) is -0.616. The number of hydrogen-bond donors (Lipinski definition) is 2. The monoisotopic (exact) mass is 399 g/mol. The predicted octanol–water partition coefficient (Wildman–Crippen LogP) is 2.86. The number of ether oxygens (including phenoxy) is 1. The molecule has 0 aliphatic rings. The van der Waals surface area contributed by atoms with Crippen molar-refractivity contribution in [2.24, 2.45) is 5.73 Å². The Morgan fingerprint density at radius 3 is 2.48 bits per heavy atom. The van der Waals surface area contributed by atoms with E-state index >= 15 is 0 Å². The van der Waals surface area contributed by atoms with Crippen molar-refractivity contribution in [3.05, 3.63) is 64.1 Å². The van der Waals surface area contributed by atoms with E-state index in [1.807, 2.05) is 12.1 Å². The lowest BCUT2D eigenvalue weighted by Gasteiger charge is -2.06. The Hall–Kier alpha value is -3.11. The van der Waals surface area contributed by atoms with Crippen LogP contribution in [0.4, 0.5) is 5.69 Å². The van der Waals surface area contributed by atoms with E-state index in [-0.39, 0.29) is 12.2 Å². The highest BCUT2D eigenvalue weighted by Crippen LogP contribution is 2.22. The van der Waals surface area contributed by atoms with Crippen LogP contribution in [-0.2, 0) is 9.59 Å². The summed E-state index contributed by atoms with van der Waals surface area (Å²) < 4.78 is 5.87. The van der Waals surface area contributed by atoms with Gasteiger partial charge in [-0.1, -0.05) is 24.3 Å². The lowest BCUT2D eigenvalue weighted by molar-refractivity contribution is -0.120. The van der Waals surface area contributed by atoms with Gasteiger partial charge in [-0.2, -0.15) is 5.26 Å². The van der Waals surface area contributed by atoms with E-state index in [9.17, 15) is 14.9 Å². The number of nitriles is 1. The number of nitrogens with two attached hydrogens (primary N) is 1. The van der Waals surface area contributed by atoms with Crippen LogP contribution in [0, 0.1) is 11.3 Å². The van der Waals surface area contributed by atoms with Crippen LogP contribution < -0.4 is 15.8 Å². The second kappa shape index (κ2) is 8.66. The molecule has 0 radical (unpaired) electrons. The number of benzene rings is 2. The molecule has 0 unspecified atom stereocenters. The number of carbonyl (C=O) groups excluding carboxylic acids is 2. The highest BCUT2D eigenvalue weighted by atomic mass is 79.9. The van der Waals surface area contributed by atoms with Gasteiger partial charge < -0.3 is 15.8 Å². The molecule has 0 atom stereocenters. The number of amides is 2. The largest absolute Gasteiger partial charge is 0.484 e. The molecule has 2 amide bonds. The van der Waals surface area contributed by atoms with Gasteiger partial charge in [-0.25, -0.2) is 0 Å². The molecule has 25 heavy (non-hydrogen) atoms. The smallest absolute Gasteiger partial charge is 0.266 e. The molecule has 2 aromatic carbocycles. The lowest BCUT2D eigenvalue weighted by atomic mass is 10.1. The van der Waals surface area contributed by atoms with Crippen molar-refractivity contribution in [2.75, 3.05) is 11.9 Å². The molecule has 0 heterocycles. The van der Waals surface area contributed by atoms with Crippen molar-refractivity contribution in [3.8, 4) is 11.8 Å². The minimum Gasteiger partial charge on any atom is -0.484 e. The Labute approximate surface area is 153 Å². The number of nitrogens with zero attached hydrogens (tertiary/aromatic N) is 1. The highest BCUT2D eigenvalue weighted by Gasteiger charge is 2.11. The van der Waals surface area contributed by atoms with Gasteiger partial charge in [0.05, 0.1) is 5.69 Å². The number of para-hydroxylation sites is 1. The molecule has 2 aromatic rings. The number of halogens is 1. The molecule has 0 aliphatic carbocycles. The van der Waals surface area contributed by atoms with E-state index in [0.29, 0.717) is 17.0 Å². The molecular formula is C18H14BrN3O3. The fourth-order valence-corrected chi connectivity index (χ4v) is 2.27. The zero-order valence-electron chi connectivity index (χ0n) is 13.0. The van der Waals surface area contributed by atoms with E-state index in [1.165, 1.54) is 6.08 Å². The summed E-state index contributed by atoms with van der Waals surface area (Å²) in [4.78, 5) is 22.9. The molecule has 7 heteroatoms. The molecule has 0 aliphatic heterocycles. The SMILES string of the molecule is N#C/C(=C\c1ccc(OCC(N)=O)cc1)C(=O)Nc1ccccc1Br. The first-order valence-corrected chi connectivity index (χ1v) is 7.97. The highest BCUT2D eigenvalue weighted by molar-refractivity contribution is 9.10. The number of primary amides is 1. The molecule has 3 N–H and O–H groups in total. The number of nitrogens with one attached hydrogen (secondary N) is 1. The standard InChI is InChI=1S/C18H14BrN3O3/c19-15-3-1-2-4-16(15)22-18(24)13(10-20)9-12-5-7-14(8-6-12)25-11-17(21)23/h1-9H,11H2,(H2,21,23)(H,22,24)/b13-9+. The van der Waals surface area contributed by atoms with Crippen molar-refractivity contribution in [1.29, 1.82) is 5.26 Å². The molecule has 126 valence electrons. The van der Waals surface area contributed by atoms with Gasteiger partial charge in [0.1, 0.15) is 17.4 Å². The van der Waals surface area contributed by atoms with Crippen LogP contribution in [0.25, 0.3) is 6.08 Å². The first-order chi connectivity index (χ1) is 12.0. The summed E-state index contributed by atoms with van der Waals surface area (Å²) >= 11 is 3.33. The predicted molar refractivity (Wildman–Crippen MR) is 97.5 cm³/mol. The van der Waals surface area contributed by atoms with E-state index in [4.69, 9.17) is 10.5 Å². The molecule has 0 aromatic heterocycles. The summed E-state index contributed by atoms with van der Waals surface area (Å²) in [5.41, 5.74) is 6.18. The van der Waals surface area contributed by atoms with Crippen molar-refractivity contribution < 1.29 is 14.3 Å². The van der Waals surface area contributed by atoms with Gasteiger partial charge in [-0.15, -0.1) is 0 Å². The fraction of sp³-hybridized carbons (Fsp3) is 0.0556. The Balaban J connectivity index is 2.11.